The molecule has 2 aliphatic rings. The average Bonchev–Trinajstić information content (AvgIpc) is 3.20. The first-order valence-electron chi connectivity index (χ1n) is 11.7. The number of ether oxygens (including phenoxy) is 1. The normalized spacial score (nSPS) is 19.5. The Kier molecular flexibility index (Phi) is 7.28. The van der Waals surface area contributed by atoms with E-state index in [0.717, 1.165) is 62.7 Å². The lowest BCUT2D eigenvalue weighted by atomic mass is 9.76. The molecule has 2 aromatic rings. The number of urea groups is 1. The Morgan fingerprint density at radius 2 is 1.91 bits per heavy atom. The van der Waals surface area contributed by atoms with Gasteiger partial charge < -0.3 is 15.4 Å². The van der Waals surface area contributed by atoms with Crippen LogP contribution in [0, 0.1) is 5.82 Å². The summed E-state index contributed by atoms with van der Waals surface area (Å²) < 4.78 is 18.0. The molecular weight excluding hydrogens is 421 g/mol. The summed E-state index contributed by atoms with van der Waals surface area (Å²) >= 11 is 0. The smallest absolute Gasteiger partial charge is 0.319 e. The summed E-state index contributed by atoms with van der Waals surface area (Å²) in [6.45, 7) is 1.85. The highest BCUT2D eigenvalue weighted by molar-refractivity contribution is 5.90. The van der Waals surface area contributed by atoms with Gasteiger partial charge in [0.25, 0.3) is 0 Å². The molecule has 33 heavy (non-hydrogen) atoms. The fourth-order valence-electron chi connectivity index (χ4n) is 4.94. The van der Waals surface area contributed by atoms with Crippen LogP contribution >= 0.6 is 0 Å². The van der Waals surface area contributed by atoms with Crippen molar-refractivity contribution in [1.29, 1.82) is 0 Å². The van der Waals surface area contributed by atoms with E-state index in [0.29, 0.717) is 11.7 Å². The predicted octanol–water partition coefficient (Wildman–Crippen LogP) is 4.29. The Balaban J connectivity index is 1.34. The van der Waals surface area contributed by atoms with E-state index in [1.165, 1.54) is 19.2 Å². The number of esters is 1. The van der Waals surface area contributed by atoms with Crippen LogP contribution in [-0.2, 0) is 22.4 Å². The van der Waals surface area contributed by atoms with Gasteiger partial charge in [-0.1, -0.05) is 24.3 Å². The number of methoxy groups -OCH3 is 1. The van der Waals surface area contributed by atoms with Gasteiger partial charge in [-0.15, -0.1) is 0 Å². The predicted molar refractivity (Wildman–Crippen MR) is 126 cm³/mol. The van der Waals surface area contributed by atoms with Crippen LogP contribution in [0.25, 0.3) is 0 Å². The van der Waals surface area contributed by atoms with E-state index < -0.39 is 0 Å². The number of nitrogens with one attached hydrogen (secondary N) is 2. The van der Waals surface area contributed by atoms with Crippen molar-refractivity contribution in [2.75, 3.05) is 25.5 Å². The summed E-state index contributed by atoms with van der Waals surface area (Å²) in [7, 11) is 1.36. The summed E-state index contributed by atoms with van der Waals surface area (Å²) in [6, 6.07) is 14.2. The molecule has 7 heteroatoms. The van der Waals surface area contributed by atoms with Gasteiger partial charge in [-0.3, -0.25) is 9.69 Å². The third-order valence-electron chi connectivity index (χ3n) is 6.84. The molecule has 1 aliphatic carbocycles. The van der Waals surface area contributed by atoms with E-state index in [2.05, 4.69) is 15.5 Å². The molecular formula is C26H32FN3O3. The Labute approximate surface area is 194 Å². The molecule has 1 heterocycles. The maximum absolute atomic E-state index is 13.2. The van der Waals surface area contributed by atoms with Crippen molar-refractivity contribution in [1.82, 2.24) is 10.2 Å². The lowest BCUT2D eigenvalue weighted by Crippen LogP contribution is -2.61. The quantitative estimate of drug-likeness (QED) is 0.585. The molecule has 0 bridgehead atoms. The number of carbonyl (C=O) groups excluding carboxylic acids is 2. The molecule has 0 spiro atoms. The topological polar surface area (TPSA) is 70.7 Å². The van der Waals surface area contributed by atoms with Crippen LogP contribution in [0.15, 0.2) is 48.5 Å². The number of amides is 2. The molecule has 1 saturated heterocycles. The molecule has 2 N–H and O–H groups in total. The fourth-order valence-corrected chi connectivity index (χ4v) is 4.94. The molecule has 2 aromatic carbocycles. The number of rotatable bonds is 8. The van der Waals surface area contributed by atoms with Gasteiger partial charge in [0.05, 0.1) is 19.1 Å². The Hall–Kier alpha value is -2.93. The Morgan fingerprint density at radius 3 is 2.61 bits per heavy atom. The molecule has 2 amide bonds. The second-order valence-electron chi connectivity index (χ2n) is 9.26. The van der Waals surface area contributed by atoms with Crippen molar-refractivity contribution in [2.45, 2.75) is 56.5 Å². The van der Waals surface area contributed by atoms with E-state index in [1.807, 2.05) is 30.3 Å². The first-order valence-corrected chi connectivity index (χ1v) is 11.7. The molecule has 0 radical (unpaired) electrons. The number of likely N-dealkylation sites (tertiary alicyclic amines) is 1. The third-order valence-corrected chi connectivity index (χ3v) is 6.84. The van der Waals surface area contributed by atoms with Gasteiger partial charge in [0, 0.05) is 18.3 Å². The second-order valence-corrected chi connectivity index (χ2v) is 9.26. The van der Waals surface area contributed by atoms with E-state index in [-0.39, 0.29) is 29.8 Å². The van der Waals surface area contributed by atoms with Crippen molar-refractivity contribution in [2.24, 2.45) is 0 Å². The summed E-state index contributed by atoms with van der Waals surface area (Å²) in [4.78, 5) is 26.8. The van der Waals surface area contributed by atoms with Crippen LogP contribution in [0.4, 0.5) is 14.9 Å². The largest absolute Gasteiger partial charge is 0.469 e. The average molecular weight is 454 g/mol. The minimum Gasteiger partial charge on any atom is -0.469 e. The summed E-state index contributed by atoms with van der Waals surface area (Å²) in [6.07, 6.45) is 6.35. The van der Waals surface area contributed by atoms with Crippen molar-refractivity contribution < 1.29 is 18.7 Å². The molecule has 1 unspecified atom stereocenters. The van der Waals surface area contributed by atoms with Gasteiger partial charge >= 0.3 is 12.0 Å². The number of halogens is 1. The van der Waals surface area contributed by atoms with Crippen LogP contribution in [0.3, 0.4) is 0 Å². The zero-order valence-corrected chi connectivity index (χ0v) is 19.1. The molecule has 1 saturated carbocycles. The zero-order chi connectivity index (χ0) is 23.3. The SMILES string of the molecule is COC(=O)Cc1cccc(NC(=O)NC2(CN3CCCC3Cc3ccc(F)cc3)CCC2)c1. The van der Waals surface area contributed by atoms with Crippen LogP contribution < -0.4 is 10.6 Å². The molecule has 176 valence electrons. The van der Waals surface area contributed by atoms with E-state index in [4.69, 9.17) is 4.74 Å². The van der Waals surface area contributed by atoms with Crippen LogP contribution in [-0.4, -0.2) is 48.7 Å². The zero-order valence-electron chi connectivity index (χ0n) is 19.1. The fraction of sp³-hybridized carbons (Fsp3) is 0.462. The Bertz CT molecular complexity index is 975. The first kappa shape index (κ1) is 23.2. The third kappa shape index (κ3) is 6.11. The lowest BCUT2D eigenvalue weighted by Gasteiger charge is -2.46. The number of anilines is 1. The van der Waals surface area contributed by atoms with Crippen LogP contribution in [0.5, 0.6) is 0 Å². The van der Waals surface area contributed by atoms with Gasteiger partial charge in [-0.25, -0.2) is 9.18 Å². The van der Waals surface area contributed by atoms with Crippen molar-refractivity contribution >= 4 is 17.7 Å². The molecule has 4 rings (SSSR count). The number of benzene rings is 2. The maximum Gasteiger partial charge on any atom is 0.319 e. The molecule has 6 nitrogen and oxygen atoms in total. The first-order chi connectivity index (χ1) is 15.9. The van der Waals surface area contributed by atoms with Gasteiger partial charge in [0.1, 0.15) is 5.82 Å². The number of hydrogen-bond acceptors (Lipinski definition) is 4. The highest BCUT2D eigenvalue weighted by Crippen LogP contribution is 2.35. The van der Waals surface area contributed by atoms with E-state index in [9.17, 15) is 14.0 Å². The standard InChI is InChI=1S/C26H32FN3O3/c1-33-24(31)17-20-5-2-6-22(15-20)28-25(32)29-26(12-4-13-26)18-30-14-3-7-23(30)16-19-8-10-21(27)11-9-19/h2,5-6,8-11,15,23H,3-4,7,12-14,16-18H2,1H3,(H2,28,29,32). The molecule has 1 aliphatic heterocycles. The van der Waals surface area contributed by atoms with Crippen molar-refractivity contribution in [3.8, 4) is 0 Å². The summed E-state index contributed by atoms with van der Waals surface area (Å²) in [5.74, 6) is -0.521. The summed E-state index contributed by atoms with van der Waals surface area (Å²) in [5.41, 5.74) is 2.37. The van der Waals surface area contributed by atoms with Crippen molar-refractivity contribution in [3.63, 3.8) is 0 Å². The van der Waals surface area contributed by atoms with Crippen LogP contribution in [0.1, 0.15) is 43.2 Å². The summed E-state index contributed by atoms with van der Waals surface area (Å²) in [5, 5.41) is 6.16. The van der Waals surface area contributed by atoms with Gasteiger partial charge in [0.2, 0.25) is 0 Å². The van der Waals surface area contributed by atoms with E-state index in [1.54, 1.807) is 6.07 Å². The molecule has 1 atom stereocenters. The number of carbonyl (C=O) groups is 2. The van der Waals surface area contributed by atoms with Gasteiger partial charge in [-0.05, 0) is 80.5 Å². The Morgan fingerprint density at radius 1 is 1.12 bits per heavy atom. The molecule has 0 aromatic heterocycles. The highest BCUT2D eigenvalue weighted by Gasteiger charge is 2.42. The highest BCUT2D eigenvalue weighted by atomic mass is 19.1. The second kappa shape index (κ2) is 10.3. The van der Waals surface area contributed by atoms with Crippen molar-refractivity contribution in [3.05, 3.63) is 65.5 Å². The monoisotopic (exact) mass is 453 g/mol. The van der Waals surface area contributed by atoms with Crippen LogP contribution in [0.2, 0.25) is 0 Å². The minimum atomic E-state index is -0.314. The van der Waals surface area contributed by atoms with E-state index >= 15 is 0 Å². The van der Waals surface area contributed by atoms with Gasteiger partial charge in [0.15, 0.2) is 0 Å². The number of hydrogen-bond donors (Lipinski definition) is 2. The molecule has 2 fully saturated rings. The number of nitrogens with zero attached hydrogens (tertiary/aromatic N) is 1. The minimum absolute atomic E-state index is 0.169. The maximum atomic E-state index is 13.2. The van der Waals surface area contributed by atoms with Gasteiger partial charge in [-0.2, -0.15) is 0 Å². The lowest BCUT2D eigenvalue weighted by molar-refractivity contribution is -0.139.